The molecule has 0 bridgehead atoms. The molecule has 1 aromatic rings. The standard InChI is InChI=1S/C12H17F3N4O/c1-19(7-11(20)4-2-3-5-11)9-6-8(12(13,14)15)17-10(16)18-9/h6,20H,2-5,7H2,1H3,(H2,16,17,18). The van der Waals surface area contributed by atoms with E-state index in [0.717, 1.165) is 18.9 Å². The summed E-state index contributed by atoms with van der Waals surface area (Å²) in [5.41, 5.74) is 3.38. The lowest BCUT2D eigenvalue weighted by molar-refractivity contribution is -0.141. The molecule has 2 rings (SSSR count). The van der Waals surface area contributed by atoms with Crippen LogP contribution in [0.25, 0.3) is 0 Å². The maximum atomic E-state index is 12.7. The van der Waals surface area contributed by atoms with Gasteiger partial charge in [-0.2, -0.15) is 18.2 Å². The summed E-state index contributed by atoms with van der Waals surface area (Å²) in [5.74, 6) is -0.370. The molecule has 0 saturated heterocycles. The normalized spacial score (nSPS) is 18.2. The second kappa shape index (κ2) is 5.08. The third-order valence-corrected chi connectivity index (χ3v) is 3.48. The molecule has 8 heteroatoms. The van der Waals surface area contributed by atoms with E-state index in [9.17, 15) is 18.3 Å². The van der Waals surface area contributed by atoms with Gasteiger partial charge in [0.1, 0.15) is 5.82 Å². The fourth-order valence-corrected chi connectivity index (χ4v) is 2.51. The van der Waals surface area contributed by atoms with Crippen LogP contribution in [0.4, 0.5) is 24.9 Å². The van der Waals surface area contributed by atoms with Gasteiger partial charge < -0.3 is 15.7 Å². The zero-order valence-electron chi connectivity index (χ0n) is 11.1. The molecule has 0 spiro atoms. The highest BCUT2D eigenvalue weighted by Crippen LogP contribution is 2.33. The van der Waals surface area contributed by atoms with Gasteiger partial charge in [-0.3, -0.25) is 0 Å². The number of hydrogen-bond acceptors (Lipinski definition) is 5. The topological polar surface area (TPSA) is 75.3 Å². The molecule has 0 atom stereocenters. The molecule has 1 aromatic heterocycles. The van der Waals surface area contributed by atoms with Gasteiger partial charge in [0.25, 0.3) is 0 Å². The van der Waals surface area contributed by atoms with Crippen LogP contribution in [0.1, 0.15) is 31.4 Å². The predicted octanol–water partition coefficient (Wildman–Crippen LogP) is 1.82. The Kier molecular flexibility index (Phi) is 3.77. The maximum Gasteiger partial charge on any atom is 0.433 e. The first kappa shape index (κ1) is 14.8. The number of aliphatic hydroxyl groups is 1. The average molecular weight is 290 g/mol. The van der Waals surface area contributed by atoms with Crippen molar-refractivity contribution in [3.05, 3.63) is 11.8 Å². The highest BCUT2D eigenvalue weighted by molar-refractivity contribution is 5.43. The number of anilines is 2. The van der Waals surface area contributed by atoms with Gasteiger partial charge in [-0.1, -0.05) is 12.8 Å². The van der Waals surface area contributed by atoms with Crippen LogP contribution in [0.3, 0.4) is 0 Å². The first-order valence-corrected chi connectivity index (χ1v) is 6.35. The van der Waals surface area contributed by atoms with Crippen molar-refractivity contribution in [2.75, 3.05) is 24.2 Å². The van der Waals surface area contributed by atoms with E-state index < -0.39 is 23.4 Å². The van der Waals surface area contributed by atoms with Gasteiger partial charge in [0.15, 0.2) is 5.69 Å². The summed E-state index contributed by atoms with van der Waals surface area (Å²) in [4.78, 5) is 8.48. The Balaban J connectivity index is 2.21. The molecule has 3 N–H and O–H groups in total. The van der Waals surface area contributed by atoms with E-state index in [1.165, 1.54) is 4.90 Å². The smallest absolute Gasteiger partial charge is 0.388 e. The molecular weight excluding hydrogens is 273 g/mol. The van der Waals surface area contributed by atoms with E-state index in [4.69, 9.17) is 5.73 Å². The summed E-state index contributed by atoms with van der Waals surface area (Å²) in [6.07, 6.45) is -1.45. The highest BCUT2D eigenvalue weighted by Gasteiger charge is 2.35. The lowest BCUT2D eigenvalue weighted by atomic mass is 10.0. The van der Waals surface area contributed by atoms with Crippen molar-refractivity contribution in [3.63, 3.8) is 0 Å². The summed E-state index contributed by atoms with van der Waals surface area (Å²) in [7, 11) is 1.58. The number of nitrogens with zero attached hydrogens (tertiary/aromatic N) is 3. The molecule has 20 heavy (non-hydrogen) atoms. The van der Waals surface area contributed by atoms with E-state index in [1.807, 2.05) is 0 Å². The van der Waals surface area contributed by atoms with E-state index in [0.29, 0.717) is 12.8 Å². The first-order valence-electron chi connectivity index (χ1n) is 6.35. The Bertz CT molecular complexity index is 486. The minimum Gasteiger partial charge on any atom is -0.388 e. The second-order valence-electron chi connectivity index (χ2n) is 5.25. The van der Waals surface area contributed by atoms with Crippen LogP contribution in [0.5, 0.6) is 0 Å². The van der Waals surface area contributed by atoms with Crippen LogP contribution < -0.4 is 10.6 Å². The predicted molar refractivity (Wildman–Crippen MR) is 68.1 cm³/mol. The average Bonchev–Trinajstić information content (AvgIpc) is 2.73. The number of hydrogen-bond donors (Lipinski definition) is 2. The molecule has 112 valence electrons. The highest BCUT2D eigenvalue weighted by atomic mass is 19.4. The first-order chi connectivity index (χ1) is 9.20. The second-order valence-corrected chi connectivity index (χ2v) is 5.25. The van der Waals surface area contributed by atoms with Crippen molar-refractivity contribution in [2.45, 2.75) is 37.5 Å². The van der Waals surface area contributed by atoms with Crippen LogP contribution in [0.15, 0.2) is 6.07 Å². The lowest BCUT2D eigenvalue weighted by Crippen LogP contribution is -2.39. The fourth-order valence-electron chi connectivity index (χ4n) is 2.51. The Morgan fingerprint density at radius 1 is 1.35 bits per heavy atom. The SMILES string of the molecule is CN(CC1(O)CCCC1)c1cc(C(F)(F)F)nc(N)n1. The summed E-state index contributed by atoms with van der Waals surface area (Å²) in [6.45, 7) is 0.223. The molecule has 1 fully saturated rings. The number of rotatable bonds is 3. The molecule has 0 radical (unpaired) electrons. The summed E-state index contributed by atoms with van der Waals surface area (Å²) >= 11 is 0. The van der Waals surface area contributed by atoms with Crippen LogP contribution in [0, 0.1) is 0 Å². The molecule has 0 aliphatic heterocycles. The van der Waals surface area contributed by atoms with E-state index >= 15 is 0 Å². The Hall–Kier alpha value is -1.57. The monoisotopic (exact) mass is 290 g/mol. The van der Waals surface area contributed by atoms with Crippen molar-refractivity contribution in [2.24, 2.45) is 0 Å². The van der Waals surface area contributed by atoms with Crippen molar-refractivity contribution < 1.29 is 18.3 Å². The van der Waals surface area contributed by atoms with E-state index in [1.54, 1.807) is 7.05 Å². The van der Waals surface area contributed by atoms with Gasteiger partial charge in [-0.15, -0.1) is 0 Å². The summed E-state index contributed by atoms with van der Waals surface area (Å²) in [5, 5.41) is 10.3. The molecule has 1 aliphatic carbocycles. The minimum atomic E-state index is -4.57. The largest absolute Gasteiger partial charge is 0.433 e. The number of likely N-dealkylation sites (N-methyl/N-ethyl adjacent to an activating group) is 1. The molecule has 1 aliphatic rings. The van der Waals surface area contributed by atoms with E-state index in [2.05, 4.69) is 9.97 Å². The van der Waals surface area contributed by atoms with Crippen LogP contribution in [-0.4, -0.2) is 34.3 Å². The van der Waals surface area contributed by atoms with Gasteiger partial charge in [-0.25, -0.2) is 4.98 Å². The van der Waals surface area contributed by atoms with Crippen molar-refractivity contribution in [1.29, 1.82) is 0 Å². The third-order valence-electron chi connectivity index (χ3n) is 3.48. The number of alkyl halides is 3. The molecule has 5 nitrogen and oxygen atoms in total. The van der Waals surface area contributed by atoms with Gasteiger partial charge in [-0.05, 0) is 12.8 Å². The molecule has 0 amide bonds. The van der Waals surface area contributed by atoms with Crippen molar-refractivity contribution in [1.82, 2.24) is 9.97 Å². The summed E-state index contributed by atoms with van der Waals surface area (Å²) < 4.78 is 38.0. The zero-order valence-corrected chi connectivity index (χ0v) is 11.1. The van der Waals surface area contributed by atoms with Gasteiger partial charge in [0.2, 0.25) is 5.95 Å². The lowest BCUT2D eigenvalue weighted by Gasteiger charge is -2.29. The molecular formula is C12H17F3N4O. The quantitative estimate of drug-likeness (QED) is 0.888. The number of nitrogen functional groups attached to an aromatic ring is 1. The van der Waals surface area contributed by atoms with Crippen molar-refractivity contribution in [3.8, 4) is 0 Å². The van der Waals surface area contributed by atoms with Gasteiger partial charge in [0.05, 0.1) is 5.60 Å². The number of nitrogens with two attached hydrogens (primary N) is 1. The number of aromatic nitrogens is 2. The zero-order chi connectivity index (χ0) is 15.0. The van der Waals surface area contributed by atoms with Gasteiger partial charge >= 0.3 is 6.18 Å². The molecule has 1 heterocycles. The van der Waals surface area contributed by atoms with Crippen LogP contribution >= 0.6 is 0 Å². The Labute approximate surface area is 114 Å². The third kappa shape index (κ3) is 3.30. The summed E-state index contributed by atoms with van der Waals surface area (Å²) in [6, 6.07) is 0.842. The van der Waals surface area contributed by atoms with Crippen molar-refractivity contribution >= 4 is 11.8 Å². The van der Waals surface area contributed by atoms with Gasteiger partial charge in [0, 0.05) is 19.7 Å². The van der Waals surface area contributed by atoms with Crippen LogP contribution in [0.2, 0.25) is 0 Å². The minimum absolute atomic E-state index is 0.0603. The molecule has 0 unspecified atom stereocenters. The molecule has 0 aromatic carbocycles. The number of halogens is 3. The molecule has 1 saturated carbocycles. The van der Waals surface area contributed by atoms with E-state index in [-0.39, 0.29) is 12.4 Å². The fraction of sp³-hybridized carbons (Fsp3) is 0.667. The van der Waals surface area contributed by atoms with Crippen LogP contribution in [-0.2, 0) is 6.18 Å². The Morgan fingerprint density at radius 2 is 1.95 bits per heavy atom. The Morgan fingerprint density at radius 3 is 2.50 bits per heavy atom. The maximum absolute atomic E-state index is 12.7.